The second-order valence-electron chi connectivity index (χ2n) is 7.59. The number of ether oxygens (including phenoxy) is 2. The SMILES string of the molecule is O=C(Cc1ccc(S(=O)(=O)N2CCCCC2)cc1)NC[C@@H]1COc2ccccc2O1. The van der Waals surface area contributed by atoms with Crippen molar-refractivity contribution in [1.29, 1.82) is 0 Å². The van der Waals surface area contributed by atoms with Crippen LogP contribution in [0.25, 0.3) is 0 Å². The van der Waals surface area contributed by atoms with Crippen molar-refractivity contribution < 1.29 is 22.7 Å². The minimum atomic E-state index is -3.45. The van der Waals surface area contributed by atoms with Gasteiger partial charge in [0.15, 0.2) is 11.5 Å². The number of nitrogens with one attached hydrogen (secondary N) is 1. The molecule has 0 aliphatic carbocycles. The number of carbonyl (C=O) groups is 1. The normalized spacial score (nSPS) is 19.3. The predicted octanol–water partition coefficient (Wildman–Crippen LogP) is 2.36. The number of piperidine rings is 1. The summed E-state index contributed by atoms with van der Waals surface area (Å²) in [6.45, 7) is 1.86. The Balaban J connectivity index is 1.29. The first-order valence-electron chi connectivity index (χ1n) is 10.3. The first-order valence-corrected chi connectivity index (χ1v) is 11.7. The third kappa shape index (κ3) is 4.76. The number of hydrogen-bond donors (Lipinski definition) is 1. The summed E-state index contributed by atoms with van der Waals surface area (Å²) in [5.74, 6) is 1.23. The molecule has 1 N–H and O–H groups in total. The Morgan fingerprint density at radius 3 is 2.43 bits per heavy atom. The number of benzene rings is 2. The van der Waals surface area contributed by atoms with Crippen molar-refractivity contribution >= 4 is 15.9 Å². The van der Waals surface area contributed by atoms with E-state index in [2.05, 4.69) is 5.32 Å². The van der Waals surface area contributed by atoms with Crippen molar-refractivity contribution in [2.75, 3.05) is 26.2 Å². The Morgan fingerprint density at radius 1 is 1.00 bits per heavy atom. The molecule has 0 saturated carbocycles. The van der Waals surface area contributed by atoms with Gasteiger partial charge in [0.05, 0.1) is 17.9 Å². The predicted molar refractivity (Wildman–Crippen MR) is 112 cm³/mol. The molecule has 0 unspecified atom stereocenters. The Bertz CT molecular complexity index is 985. The van der Waals surface area contributed by atoms with Crippen LogP contribution in [-0.2, 0) is 21.2 Å². The van der Waals surface area contributed by atoms with Gasteiger partial charge in [0, 0.05) is 13.1 Å². The topological polar surface area (TPSA) is 84.9 Å². The Morgan fingerprint density at radius 2 is 1.70 bits per heavy atom. The van der Waals surface area contributed by atoms with Gasteiger partial charge in [-0.25, -0.2) is 8.42 Å². The van der Waals surface area contributed by atoms with Crippen LogP contribution in [0.5, 0.6) is 11.5 Å². The van der Waals surface area contributed by atoms with Crippen LogP contribution >= 0.6 is 0 Å². The Labute approximate surface area is 177 Å². The van der Waals surface area contributed by atoms with Crippen molar-refractivity contribution in [3.63, 3.8) is 0 Å². The third-order valence-corrected chi connectivity index (χ3v) is 7.25. The molecule has 4 rings (SSSR count). The van der Waals surface area contributed by atoms with Gasteiger partial charge >= 0.3 is 0 Å². The zero-order valence-corrected chi connectivity index (χ0v) is 17.6. The first kappa shape index (κ1) is 20.7. The summed E-state index contributed by atoms with van der Waals surface area (Å²) in [7, 11) is -3.45. The highest BCUT2D eigenvalue weighted by Crippen LogP contribution is 2.30. The summed E-state index contributed by atoms with van der Waals surface area (Å²) < 4.78 is 38.4. The van der Waals surface area contributed by atoms with E-state index in [1.54, 1.807) is 28.6 Å². The fraction of sp³-hybridized carbons (Fsp3) is 0.409. The number of fused-ring (bicyclic) bond motifs is 1. The van der Waals surface area contributed by atoms with Gasteiger partial charge in [-0.3, -0.25) is 4.79 Å². The molecular formula is C22H26N2O5S. The van der Waals surface area contributed by atoms with E-state index in [1.165, 1.54) is 0 Å². The molecule has 0 spiro atoms. The molecular weight excluding hydrogens is 404 g/mol. The lowest BCUT2D eigenvalue weighted by molar-refractivity contribution is -0.120. The van der Waals surface area contributed by atoms with Crippen molar-refractivity contribution in [3.05, 3.63) is 54.1 Å². The summed E-state index contributed by atoms with van der Waals surface area (Å²) in [5, 5.41) is 2.86. The lowest BCUT2D eigenvalue weighted by atomic mass is 10.1. The van der Waals surface area contributed by atoms with Crippen molar-refractivity contribution in [2.24, 2.45) is 0 Å². The minimum absolute atomic E-state index is 0.149. The molecule has 1 fully saturated rings. The van der Waals surface area contributed by atoms with E-state index in [1.807, 2.05) is 24.3 Å². The number of nitrogens with zero attached hydrogens (tertiary/aromatic N) is 1. The quantitative estimate of drug-likeness (QED) is 0.761. The minimum Gasteiger partial charge on any atom is -0.486 e. The lowest BCUT2D eigenvalue weighted by Crippen LogP contribution is -2.41. The molecule has 8 heteroatoms. The molecule has 0 radical (unpaired) electrons. The van der Waals surface area contributed by atoms with Crippen molar-refractivity contribution in [1.82, 2.24) is 9.62 Å². The molecule has 1 atom stereocenters. The van der Waals surface area contributed by atoms with E-state index in [0.29, 0.717) is 37.7 Å². The molecule has 7 nitrogen and oxygen atoms in total. The molecule has 2 aliphatic rings. The van der Waals surface area contributed by atoms with Gasteiger partial charge in [-0.1, -0.05) is 30.7 Å². The van der Waals surface area contributed by atoms with E-state index in [0.717, 1.165) is 24.8 Å². The summed E-state index contributed by atoms with van der Waals surface area (Å²) in [4.78, 5) is 12.6. The molecule has 0 bridgehead atoms. The fourth-order valence-corrected chi connectivity index (χ4v) is 5.19. The maximum absolute atomic E-state index is 12.7. The molecule has 2 aliphatic heterocycles. The van der Waals surface area contributed by atoms with E-state index in [4.69, 9.17) is 9.47 Å². The largest absolute Gasteiger partial charge is 0.486 e. The second kappa shape index (κ2) is 9.06. The fourth-order valence-electron chi connectivity index (χ4n) is 3.67. The number of sulfonamides is 1. The Hall–Kier alpha value is -2.58. The Kier molecular flexibility index (Phi) is 6.24. The maximum atomic E-state index is 12.7. The number of amides is 1. The molecule has 1 saturated heterocycles. The van der Waals surface area contributed by atoms with Gasteiger partial charge in [0.25, 0.3) is 0 Å². The van der Waals surface area contributed by atoms with E-state index in [-0.39, 0.29) is 23.3 Å². The van der Waals surface area contributed by atoms with Crippen LogP contribution in [0.15, 0.2) is 53.4 Å². The van der Waals surface area contributed by atoms with Crippen LogP contribution in [0.2, 0.25) is 0 Å². The van der Waals surface area contributed by atoms with Crippen LogP contribution in [-0.4, -0.2) is 51.0 Å². The molecule has 2 aromatic carbocycles. The van der Waals surface area contributed by atoms with Crippen LogP contribution in [0.1, 0.15) is 24.8 Å². The average molecular weight is 431 g/mol. The lowest BCUT2D eigenvalue weighted by Gasteiger charge is -2.26. The zero-order valence-electron chi connectivity index (χ0n) is 16.7. The van der Waals surface area contributed by atoms with Gasteiger partial charge < -0.3 is 14.8 Å². The molecule has 0 aromatic heterocycles. The van der Waals surface area contributed by atoms with Gasteiger partial charge in [-0.2, -0.15) is 4.31 Å². The van der Waals surface area contributed by atoms with Crippen LogP contribution in [0, 0.1) is 0 Å². The smallest absolute Gasteiger partial charge is 0.243 e. The highest BCUT2D eigenvalue weighted by molar-refractivity contribution is 7.89. The van der Waals surface area contributed by atoms with Crippen LogP contribution in [0.4, 0.5) is 0 Å². The molecule has 1 amide bonds. The molecule has 30 heavy (non-hydrogen) atoms. The third-order valence-electron chi connectivity index (χ3n) is 5.34. The molecule has 2 aromatic rings. The van der Waals surface area contributed by atoms with Crippen molar-refractivity contribution in [2.45, 2.75) is 36.7 Å². The van der Waals surface area contributed by atoms with E-state index >= 15 is 0 Å². The highest BCUT2D eigenvalue weighted by atomic mass is 32.2. The zero-order chi connectivity index (χ0) is 21.0. The average Bonchev–Trinajstić information content (AvgIpc) is 2.78. The van der Waals surface area contributed by atoms with Crippen LogP contribution < -0.4 is 14.8 Å². The number of carbonyl (C=O) groups excluding carboxylic acids is 1. The summed E-state index contributed by atoms with van der Waals surface area (Å²) in [6.07, 6.45) is 2.80. The van der Waals surface area contributed by atoms with Crippen LogP contribution in [0.3, 0.4) is 0 Å². The number of rotatable bonds is 6. The van der Waals surface area contributed by atoms with E-state index in [9.17, 15) is 13.2 Å². The number of hydrogen-bond acceptors (Lipinski definition) is 5. The maximum Gasteiger partial charge on any atom is 0.243 e. The van der Waals surface area contributed by atoms with E-state index < -0.39 is 10.0 Å². The molecule has 2 heterocycles. The van der Waals surface area contributed by atoms with Gasteiger partial charge in [0.1, 0.15) is 12.7 Å². The first-order chi connectivity index (χ1) is 14.5. The highest BCUT2D eigenvalue weighted by Gasteiger charge is 2.26. The van der Waals surface area contributed by atoms with Gasteiger partial charge in [-0.05, 0) is 42.7 Å². The standard InChI is InChI=1S/C22H26N2O5S/c25-22(23-15-18-16-28-20-6-2-3-7-21(20)29-18)14-17-8-10-19(11-9-17)30(26,27)24-12-4-1-5-13-24/h2-3,6-11,18H,1,4-5,12-16H2,(H,23,25)/t18-/m1/s1. The summed E-state index contributed by atoms with van der Waals surface area (Å²) in [5.41, 5.74) is 0.760. The summed E-state index contributed by atoms with van der Waals surface area (Å²) in [6, 6.07) is 14.0. The summed E-state index contributed by atoms with van der Waals surface area (Å²) >= 11 is 0. The monoisotopic (exact) mass is 430 g/mol. The number of para-hydroxylation sites is 2. The van der Waals surface area contributed by atoms with Crippen molar-refractivity contribution in [3.8, 4) is 11.5 Å². The van der Waals surface area contributed by atoms with Gasteiger partial charge in [0.2, 0.25) is 15.9 Å². The molecule has 160 valence electrons. The second-order valence-corrected chi connectivity index (χ2v) is 9.53. The van der Waals surface area contributed by atoms with Gasteiger partial charge in [-0.15, -0.1) is 0 Å².